The molecule has 0 amide bonds. The molecule has 7 aromatic carbocycles. The lowest BCUT2D eigenvalue weighted by atomic mass is 9.71. The largest absolute Gasteiger partial charge is 0.143 e. The van der Waals surface area contributed by atoms with Crippen molar-refractivity contribution in [2.75, 3.05) is 0 Å². The van der Waals surface area contributed by atoms with Crippen molar-refractivity contribution >= 4 is 36.9 Å². The number of rotatable bonds is 14. The first-order valence-electron chi connectivity index (χ1n) is 22.7. The molecule has 0 saturated carbocycles. The average molecular weight is 845 g/mol. The van der Waals surface area contributed by atoms with Crippen molar-refractivity contribution in [2.24, 2.45) is 11.3 Å². The third-order valence-corrected chi connectivity index (χ3v) is 13.5. The van der Waals surface area contributed by atoms with Crippen LogP contribution in [0.5, 0.6) is 0 Å². The Labute approximate surface area is 382 Å². The molecular formula is C60H60S2. The lowest BCUT2D eigenvalue weighted by Gasteiger charge is -2.33. The van der Waals surface area contributed by atoms with Gasteiger partial charge in [0, 0.05) is 9.79 Å². The second-order valence-corrected chi connectivity index (χ2v) is 18.9. The fourth-order valence-corrected chi connectivity index (χ4v) is 9.50. The highest BCUT2D eigenvalue weighted by atomic mass is 32.1. The molecule has 2 heteroatoms. The zero-order valence-corrected chi connectivity index (χ0v) is 38.9. The van der Waals surface area contributed by atoms with Gasteiger partial charge in [0.2, 0.25) is 0 Å². The third-order valence-electron chi connectivity index (χ3n) is 12.9. The summed E-state index contributed by atoms with van der Waals surface area (Å²) in [6.07, 6.45) is 15.2. The van der Waals surface area contributed by atoms with Gasteiger partial charge in [0.25, 0.3) is 0 Å². The normalized spacial score (nSPS) is 13.9. The third kappa shape index (κ3) is 9.83. The first kappa shape index (κ1) is 43.4. The molecule has 1 unspecified atom stereocenters. The summed E-state index contributed by atoms with van der Waals surface area (Å²) in [6.45, 7) is 11.5. The zero-order valence-electron chi connectivity index (χ0n) is 37.1. The monoisotopic (exact) mass is 844 g/mol. The minimum absolute atomic E-state index is 0.0664. The van der Waals surface area contributed by atoms with Crippen molar-refractivity contribution in [3.63, 3.8) is 0 Å². The number of hydrogen-bond acceptors (Lipinski definition) is 2. The molecule has 1 aliphatic rings. The highest BCUT2D eigenvalue weighted by molar-refractivity contribution is 7.80. The number of aryl methyl sites for hydroxylation is 2. The van der Waals surface area contributed by atoms with Crippen molar-refractivity contribution in [1.82, 2.24) is 0 Å². The first-order valence-corrected chi connectivity index (χ1v) is 23.6. The van der Waals surface area contributed by atoms with Gasteiger partial charge in [-0.15, -0.1) is 25.3 Å². The van der Waals surface area contributed by atoms with Crippen molar-refractivity contribution in [2.45, 2.75) is 89.4 Å². The van der Waals surface area contributed by atoms with Gasteiger partial charge in [-0.1, -0.05) is 150 Å². The fourth-order valence-electron chi connectivity index (χ4n) is 9.20. The van der Waals surface area contributed by atoms with Crippen LogP contribution in [0.25, 0.3) is 67.3 Å². The topological polar surface area (TPSA) is 0 Å². The fraction of sp³-hybridized carbons (Fsp3) is 0.233. The summed E-state index contributed by atoms with van der Waals surface area (Å²) in [5.74, 6) is 0.275. The highest BCUT2D eigenvalue weighted by Gasteiger charge is 2.29. The summed E-state index contributed by atoms with van der Waals surface area (Å²) >= 11 is 9.27. The van der Waals surface area contributed by atoms with Crippen LogP contribution >= 0.6 is 25.3 Å². The van der Waals surface area contributed by atoms with Crippen LogP contribution in [0, 0.1) is 11.3 Å². The molecule has 0 nitrogen and oxygen atoms in total. The van der Waals surface area contributed by atoms with Crippen LogP contribution in [0.1, 0.15) is 83.4 Å². The van der Waals surface area contributed by atoms with Crippen molar-refractivity contribution in [1.29, 1.82) is 0 Å². The van der Waals surface area contributed by atoms with E-state index in [4.69, 9.17) is 0 Å². The Morgan fingerprint density at radius 2 is 0.935 bits per heavy atom. The van der Waals surface area contributed by atoms with Crippen LogP contribution < -0.4 is 10.4 Å². The molecule has 1 atom stereocenters. The standard InChI is InChI=1S/C60H60S2/c1-6-9-12-41-16-20-43(21-17-41)47-33-48(45-24-28-54(61)29-25-45)36-51(35-47)56-14-11-15-57-58(39-53(40-59(56)57)60(4,5)32-8-3)52-37-49(44-22-18-42(19-23-44)13-10-7-2)34-50(38-52)46-26-30-55(62)31-27-46/h8,11,14-38,40,53,61-62H,6-7,9-10,12-13,39H2,1-5H3. The molecule has 0 fully saturated rings. The maximum atomic E-state index is 4.64. The number of thiol groups is 2. The minimum atomic E-state index is -0.0664. The van der Waals surface area contributed by atoms with E-state index < -0.39 is 0 Å². The van der Waals surface area contributed by atoms with Crippen LogP contribution in [0.2, 0.25) is 0 Å². The van der Waals surface area contributed by atoms with Gasteiger partial charge in [0.1, 0.15) is 0 Å². The zero-order chi connectivity index (χ0) is 43.2. The second-order valence-electron chi connectivity index (χ2n) is 17.8. The SMILES string of the molecule is CC=CC(C)(C)C1C=c2c(-c3cc(-c4ccc(S)cc4)cc(-c4ccc(CCCC)cc4)c3)cccc2=C(c2cc(-c3ccc(S)cc3)cc(-c3ccc(CCCC)cc3)c2)C1. The van der Waals surface area contributed by atoms with E-state index in [0.29, 0.717) is 0 Å². The van der Waals surface area contributed by atoms with E-state index in [-0.39, 0.29) is 11.3 Å². The van der Waals surface area contributed by atoms with Gasteiger partial charge in [-0.25, -0.2) is 0 Å². The quantitative estimate of drug-likeness (QED) is 0.0791. The molecule has 0 saturated heterocycles. The maximum absolute atomic E-state index is 4.64. The molecule has 0 spiro atoms. The van der Waals surface area contributed by atoms with Crippen LogP contribution in [0.4, 0.5) is 0 Å². The number of allylic oxidation sites excluding steroid dienone is 2. The molecule has 312 valence electrons. The van der Waals surface area contributed by atoms with E-state index in [1.807, 2.05) is 0 Å². The van der Waals surface area contributed by atoms with Crippen LogP contribution in [-0.2, 0) is 12.8 Å². The summed E-state index contributed by atoms with van der Waals surface area (Å²) in [4.78, 5) is 1.93. The van der Waals surface area contributed by atoms with Gasteiger partial charge in [-0.2, -0.15) is 0 Å². The van der Waals surface area contributed by atoms with E-state index in [0.717, 1.165) is 29.1 Å². The molecule has 7 aromatic rings. The summed E-state index contributed by atoms with van der Waals surface area (Å²) in [6, 6.07) is 57.1. The molecule has 1 aliphatic carbocycles. The van der Waals surface area contributed by atoms with Crippen LogP contribution in [0.3, 0.4) is 0 Å². The Morgan fingerprint density at radius 1 is 0.516 bits per heavy atom. The van der Waals surface area contributed by atoms with Gasteiger partial charge >= 0.3 is 0 Å². The Morgan fingerprint density at radius 3 is 1.37 bits per heavy atom. The average Bonchev–Trinajstić information content (AvgIpc) is 3.30. The van der Waals surface area contributed by atoms with Gasteiger partial charge in [0.15, 0.2) is 0 Å². The summed E-state index contributed by atoms with van der Waals surface area (Å²) < 4.78 is 0. The maximum Gasteiger partial charge on any atom is 0.00404 e. The molecule has 0 N–H and O–H groups in total. The number of benzene rings is 7. The van der Waals surface area contributed by atoms with Crippen molar-refractivity contribution < 1.29 is 0 Å². The molecule has 0 aromatic heterocycles. The van der Waals surface area contributed by atoms with E-state index in [1.165, 1.54) is 114 Å². The molecular weight excluding hydrogens is 785 g/mol. The van der Waals surface area contributed by atoms with Gasteiger partial charge < -0.3 is 0 Å². The number of hydrogen-bond donors (Lipinski definition) is 2. The van der Waals surface area contributed by atoms with E-state index >= 15 is 0 Å². The van der Waals surface area contributed by atoms with Crippen LogP contribution in [-0.4, -0.2) is 0 Å². The highest BCUT2D eigenvalue weighted by Crippen LogP contribution is 2.41. The summed E-state index contributed by atoms with van der Waals surface area (Å²) in [5.41, 5.74) is 17.6. The molecule has 62 heavy (non-hydrogen) atoms. The lowest BCUT2D eigenvalue weighted by molar-refractivity contribution is 0.364. The lowest BCUT2D eigenvalue weighted by Crippen LogP contribution is -2.37. The smallest absolute Gasteiger partial charge is 0.00404 e. The number of unbranched alkanes of at least 4 members (excludes halogenated alkanes) is 2. The van der Waals surface area contributed by atoms with Crippen molar-refractivity contribution in [3.05, 3.63) is 191 Å². The Kier molecular flexibility index (Phi) is 13.6. The molecule has 0 aliphatic heterocycles. The molecule has 8 rings (SSSR count). The number of fused-ring (bicyclic) bond motifs is 1. The molecule has 0 heterocycles. The second kappa shape index (κ2) is 19.4. The molecule has 0 bridgehead atoms. The Balaban J connectivity index is 1.36. The van der Waals surface area contributed by atoms with Gasteiger partial charge in [-0.05, 0) is 199 Å². The molecule has 0 radical (unpaired) electrons. The first-order chi connectivity index (χ1) is 30.1. The van der Waals surface area contributed by atoms with Crippen LogP contribution in [0.15, 0.2) is 174 Å². The van der Waals surface area contributed by atoms with E-state index in [1.54, 1.807) is 0 Å². The van der Waals surface area contributed by atoms with E-state index in [9.17, 15) is 0 Å². The predicted octanol–water partition coefficient (Wildman–Crippen LogP) is 15.9. The van der Waals surface area contributed by atoms with Crippen molar-refractivity contribution in [3.8, 4) is 55.6 Å². The Bertz CT molecular complexity index is 2800. The summed E-state index contributed by atoms with van der Waals surface area (Å²) in [5, 5.41) is 2.62. The summed E-state index contributed by atoms with van der Waals surface area (Å²) in [7, 11) is 0. The minimum Gasteiger partial charge on any atom is -0.143 e. The van der Waals surface area contributed by atoms with E-state index in [2.05, 4.69) is 230 Å². The predicted molar refractivity (Wildman–Crippen MR) is 275 cm³/mol. The Hall–Kier alpha value is -5.28. The van der Waals surface area contributed by atoms with Gasteiger partial charge in [-0.3, -0.25) is 0 Å². The van der Waals surface area contributed by atoms with Gasteiger partial charge in [0.05, 0.1) is 0 Å².